The average molecular weight is 776 g/mol. The normalized spacial score (nSPS) is 11.3. The van der Waals surface area contributed by atoms with Crippen molar-refractivity contribution in [1.82, 2.24) is 0 Å². The van der Waals surface area contributed by atoms with Gasteiger partial charge in [0.25, 0.3) is 0 Å². The van der Waals surface area contributed by atoms with Gasteiger partial charge in [-0.15, -0.1) is 0 Å². The van der Waals surface area contributed by atoms with E-state index in [0.717, 1.165) is 17.1 Å². The molecule has 0 aliphatic carbocycles. The predicted octanol–water partition coefficient (Wildman–Crippen LogP) is 17.0. The van der Waals surface area contributed by atoms with Gasteiger partial charge in [0.15, 0.2) is 0 Å². The number of hydrogen-bond donors (Lipinski definition) is 0. The topological polar surface area (TPSA) is 3.24 Å². The molecule has 0 N–H and O–H groups in total. The van der Waals surface area contributed by atoms with Crippen LogP contribution in [0.25, 0.3) is 88.0 Å². The monoisotopic (exact) mass is 775 g/mol. The summed E-state index contributed by atoms with van der Waals surface area (Å²) in [6, 6.07) is 90.4. The molecule has 0 aromatic heterocycles. The summed E-state index contributed by atoms with van der Waals surface area (Å²) in [5.41, 5.74) is 15.4. The van der Waals surface area contributed by atoms with Gasteiger partial charge in [-0.1, -0.05) is 200 Å². The lowest BCUT2D eigenvalue weighted by Gasteiger charge is -2.26. The summed E-state index contributed by atoms with van der Waals surface area (Å²) in [6.45, 7) is 0. The number of fused-ring (bicyclic) bond motifs is 4. The Kier molecular flexibility index (Phi) is 9.26. The van der Waals surface area contributed by atoms with Crippen molar-refractivity contribution in [2.24, 2.45) is 0 Å². The first-order valence-electron chi connectivity index (χ1n) is 21.0. The highest BCUT2D eigenvalue weighted by Gasteiger charge is 2.15. The van der Waals surface area contributed by atoms with Crippen LogP contribution in [-0.4, -0.2) is 0 Å². The molecule has 0 bridgehead atoms. The molecule has 1 nitrogen and oxygen atoms in total. The van der Waals surface area contributed by atoms with Crippen molar-refractivity contribution in [1.29, 1.82) is 0 Å². The van der Waals surface area contributed by atoms with Crippen molar-refractivity contribution < 1.29 is 0 Å². The summed E-state index contributed by atoms with van der Waals surface area (Å²) >= 11 is 0. The zero-order valence-electron chi connectivity index (χ0n) is 33.6. The molecule has 0 unspecified atom stereocenters. The van der Waals surface area contributed by atoms with Gasteiger partial charge in [0.2, 0.25) is 0 Å². The summed E-state index contributed by atoms with van der Waals surface area (Å²) in [7, 11) is 0. The fraction of sp³-hybridized carbons (Fsp3) is 0. The molecule has 0 spiro atoms. The first-order chi connectivity index (χ1) is 30.2. The Balaban J connectivity index is 0.935. The average Bonchev–Trinajstić information content (AvgIpc) is 3.35. The van der Waals surface area contributed by atoms with E-state index in [1.54, 1.807) is 0 Å². The van der Waals surface area contributed by atoms with E-state index in [9.17, 15) is 0 Å². The van der Waals surface area contributed by atoms with Gasteiger partial charge in [0.1, 0.15) is 0 Å². The van der Waals surface area contributed by atoms with E-state index in [4.69, 9.17) is 0 Å². The lowest BCUT2D eigenvalue weighted by atomic mass is 9.95. The zero-order chi connectivity index (χ0) is 40.5. The maximum atomic E-state index is 2.36. The summed E-state index contributed by atoms with van der Waals surface area (Å²) in [4.78, 5) is 2.36. The highest BCUT2D eigenvalue weighted by Crippen LogP contribution is 2.39. The molecule has 0 radical (unpaired) electrons. The molecular formula is C60H41N. The predicted molar refractivity (Wildman–Crippen MR) is 261 cm³/mol. The summed E-state index contributed by atoms with van der Waals surface area (Å²) < 4.78 is 0. The van der Waals surface area contributed by atoms with Crippen LogP contribution in [0.5, 0.6) is 0 Å². The molecule has 0 atom stereocenters. The largest absolute Gasteiger partial charge is 0.311 e. The fourth-order valence-electron chi connectivity index (χ4n) is 8.88. The van der Waals surface area contributed by atoms with E-state index in [1.807, 2.05) is 0 Å². The van der Waals surface area contributed by atoms with Gasteiger partial charge in [0.05, 0.1) is 0 Å². The molecule has 0 aliphatic heterocycles. The number of rotatable bonds is 8. The second-order valence-electron chi connectivity index (χ2n) is 15.7. The minimum atomic E-state index is 1.10. The number of nitrogens with zero attached hydrogens (tertiary/aromatic N) is 1. The quantitative estimate of drug-likeness (QED) is 0.139. The molecule has 0 amide bonds. The zero-order valence-corrected chi connectivity index (χ0v) is 33.6. The molecule has 0 saturated heterocycles. The Bertz CT molecular complexity index is 3300. The molecule has 286 valence electrons. The Morgan fingerprint density at radius 2 is 0.574 bits per heavy atom. The van der Waals surface area contributed by atoms with Crippen molar-refractivity contribution in [3.63, 3.8) is 0 Å². The third-order valence-corrected chi connectivity index (χ3v) is 12.1. The van der Waals surface area contributed by atoms with Crippen molar-refractivity contribution >= 4 is 49.4 Å². The molecule has 11 aromatic rings. The number of anilines is 3. The van der Waals surface area contributed by atoms with Gasteiger partial charge in [-0.05, 0) is 136 Å². The highest BCUT2D eigenvalue weighted by atomic mass is 15.1. The van der Waals surface area contributed by atoms with Crippen LogP contribution in [0.3, 0.4) is 0 Å². The van der Waals surface area contributed by atoms with Gasteiger partial charge in [-0.25, -0.2) is 0 Å². The number of benzene rings is 11. The molecule has 1 heteroatoms. The minimum Gasteiger partial charge on any atom is -0.311 e. The Morgan fingerprint density at radius 1 is 0.197 bits per heavy atom. The maximum absolute atomic E-state index is 2.36. The summed E-state index contributed by atoms with van der Waals surface area (Å²) in [6.07, 6.45) is 0. The maximum Gasteiger partial charge on any atom is 0.0462 e. The van der Waals surface area contributed by atoms with Crippen LogP contribution < -0.4 is 4.90 Å². The second kappa shape index (κ2) is 15.6. The van der Waals surface area contributed by atoms with Crippen LogP contribution in [0.15, 0.2) is 249 Å². The lowest BCUT2D eigenvalue weighted by Crippen LogP contribution is -2.09. The van der Waals surface area contributed by atoms with E-state index in [-0.39, 0.29) is 0 Å². The lowest BCUT2D eigenvalue weighted by molar-refractivity contribution is 1.28. The van der Waals surface area contributed by atoms with Crippen LogP contribution in [0.4, 0.5) is 17.1 Å². The first-order valence-corrected chi connectivity index (χ1v) is 21.0. The van der Waals surface area contributed by atoms with Gasteiger partial charge in [0, 0.05) is 17.1 Å². The molecule has 0 saturated carbocycles. The molecule has 0 fully saturated rings. The van der Waals surface area contributed by atoms with Crippen molar-refractivity contribution in [3.05, 3.63) is 249 Å². The summed E-state index contributed by atoms with van der Waals surface area (Å²) in [5, 5.41) is 7.61. The van der Waals surface area contributed by atoms with Crippen LogP contribution >= 0.6 is 0 Å². The SMILES string of the molecule is c1ccc(-c2ccc(-c3ccc(N(c4ccc(-c5cccc(-c6cccc7ccccc67)c5)cc4)c4ccc(-c5ccc6c(ccc7ccccc76)c5)cc4)cc3)cc2)cc1. The Morgan fingerprint density at radius 3 is 1.20 bits per heavy atom. The van der Waals surface area contributed by atoms with Crippen molar-refractivity contribution in [3.8, 4) is 55.6 Å². The van der Waals surface area contributed by atoms with Gasteiger partial charge in [-0.3, -0.25) is 0 Å². The smallest absolute Gasteiger partial charge is 0.0462 e. The van der Waals surface area contributed by atoms with E-state index >= 15 is 0 Å². The van der Waals surface area contributed by atoms with Gasteiger partial charge < -0.3 is 4.90 Å². The Hall–Kier alpha value is -8.00. The van der Waals surface area contributed by atoms with E-state index < -0.39 is 0 Å². The van der Waals surface area contributed by atoms with Gasteiger partial charge in [-0.2, -0.15) is 0 Å². The molecular weight excluding hydrogens is 735 g/mol. The summed E-state index contributed by atoms with van der Waals surface area (Å²) in [5.74, 6) is 0. The third kappa shape index (κ3) is 7.03. The fourth-order valence-corrected chi connectivity index (χ4v) is 8.88. The molecule has 0 aliphatic rings. The molecule has 61 heavy (non-hydrogen) atoms. The minimum absolute atomic E-state index is 1.10. The number of hydrogen-bond acceptors (Lipinski definition) is 1. The van der Waals surface area contributed by atoms with Crippen molar-refractivity contribution in [2.45, 2.75) is 0 Å². The molecule has 0 heterocycles. The first kappa shape index (κ1) is 36.1. The van der Waals surface area contributed by atoms with Crippen LogP contribution in [0.1, 0.15) is 0 Å². The van der Waals surface area contributed by atoms with Crippen LogP contribution in [-0.2, 0) is 0 Å². The Labute approximate surface area is 357 Å². The van der Waals surface area contributed by atoms with Crippen LogP contribution in [0.2, 0.25) is 0 Å². The van der Waals surface area contributed by atoms with Crippen LogP contribution in [0, 0.1) is 0 Å². The third-order valence-electron chi connectivity index (χ3n) is 12.1. The van der Waals surface area contributed by atoms with Crippen molar-refractivity contribution in [2.75, 3.05) is 4.90 Å². The highest BCUT2D eigenvalue weighted by molar-refractivity contribution is 6.08. The van der Waals surface area contributed by atoms with E-state index in [2.05, 4.69) is 254 Å². The van der Waals surface area contributed by atoms with E-state index in [1.165, 1.54) is 88.0 Å². The standard InChI is InChI=1S/C60H41N/c1-2-10-42(11-3-1)43-20-22-44(23-21-43)45-26-33-54(34-27-45)61(56-37-30-47(31-38-56)51-32-39-60-53(41-51)25-24-49-13-5-7-18-58(49)60)55-35-28-46(29-36-55)50-15-8-16-52(40-50)59-19-9-14-48-12-4-6-17-57(48)59/h1-41H. The van der Waals surface area contributed by atoms with Gasteiger partial charge >= 0.3 is 0 Å². The molecule has 11 aromatic carbocycles. The van der Waals surface area contributed by atoms with E-state index in [0.29, 0.717) is 0 Å². The second-order valence-corrected chi connectivity index (χ2v) is 15.7. The molecule has 11 rings (SSSR count).